The van der Waals surface area contributed by atoms with Gasteiger partial charge in [-0.15, -0.1) is 0 Å². The zero-order valence-electron chi connectivity index (χ0n) is 23.8. The van der Waals surface area contributed by atoms with Crippen molar-refractivity contribution in [3.05, 3.63) is 88.4 Å². The number of carbonyl (C=O) groups is 2. The number of aromatic nitrogens is 2. The molecule has 41 heavy (non-hydrogen) atoms. The van der Waals surface area contributed by atoms with Crippen LogP contribution in [0.15, 0.2) is 54.6 Å². The molecule has 2 aromatic heterocycles. The van der Waals surface area contributed by atoms with Gasteiger partial charge in [-0.05, 0) is 80.0 Å². The molecule has 1 fully saturated rings. The molecule has 212 valence electrons. The number of halogens is 1. The molecule has 3 atom stereocenters. The number of methoxy groups -OCH3 is 1. The average molecular weight is 556 g/mol. The number of carbonyl (C=O) groups excluding carboxylic acids is 2. The Morgan fingerprint density at radius 1 is 1.10 bits per heavy atom. The molecule has 7 nitrogen and oxygen atoms in total. The smallest absolute Gasteiger partial charge is 0.309 e. The van der Waals surface area contributed by atoms with E-state index in [0.717, 1.165) is 23.2 Å². The van der Waals surface area contributed by atoms with Gasteiger partial charge in [0.25, 0.3) is 5.91 Å². The van der Waals surface area contributed by atoms with E-state index in [0.29, 0.717) is 54.1 Å². The molecule has 3 heterocycles. The molecule has 4 aromatic rings. The Balaban J connectivity index is 1.35. The highest BCUT2D eigenvalue weighted by molar-refractivity contribution is 6.00. The highest BCUT2D eigenvalue weighted by Gasteiger charge is 2.45. The van der Waals surface area contributed by atoms with Gasteiger partial charge in [0.2, 0.25) is 0 Å². The first-order valence-corrected chi connectivity index (χ1v) is 14.3. The minimum atomic E-state index is -0.408. The molecule has 0 N–H and O–H groups in total. The van der Waals surface area contributed by atoms with Crippen LogP contribution in [-0.4, -0.2) is 46.7 Å². The molecule has 1 aliphatic heterocycles. The van der Waals surface area contributed by atoms with Crippen molar-refractivity contribution in [2.75, 3.05) is 20.3 Å². The second-order valence-corrected chi connectivity index (χ2v) is 10.8. The van der Waals surface area contributed by atoms with E-state index in [2.05, 4.69) is 19.1 Å². The quantitative estimate of drug-likeness (QED) is 0.256. The largest absolute Gasteiger partial charge is 0.494 e. The number of ether oxygens (including phenoxy) is 2. The molecule has 1 aliphatic carbocycles. The summed E-state index contributed by atoms with van der Waals surface area (Å²) in [4.78, 5) is 27.9. The fourth-order valence-electron chi connectivity index (χ4n) is 6.20. The minimum absolute atomic E-state index is 0.0248. The van der Waals surface area contributed by atoms with Crippen molar-refractivity contribution < 1.29 is 23.5 Å². The van der Waals surface area contributed by atoms with Crippen molar-refractivity contribution >= 4 is 17.4 Å². The molecule has 2 aliphatic rings. The number of amides is 1. The summed E-state index contributed by atoms with van der Waals surface area (Å²) in [7, 11) is 1.55. The number of pyridine rings is 1. The summed E-state index contributed by atoms with van der Waals surface area (Å²) in [6, 6.07) is 16.9. The lowest BCUT2D eigenvalue weighted by Gasteiger charge is -2.35. The van der Waals surface area contributed by atoms with Crippen LogP contribution in [0, 0.1) is 11.7 Å². The Kier molecular flexibility index (Phi) is 7.01. The zero-order chi connectivity index (χ0) is 28.8. The maximum Gasteiger partial charge on any atom is 0.309 e. The molecule has 0 saturated heterocycles. The standard InChI is InChI=1S/C33H34FN3O4/c1-5-22-16-27(32(38)36-14-13-20-9-7-8-10-23(20)19(36)3)31(40-4)30-18-29(35-37(22)30)24-12-11-21(15-28(24)34)25-17-26(25)33(39)41-6-2/h7-12,15-16,18-19,25-26H,5-6,13-14,17H2,1-4H3/t19-,25?,26?/m1/s1. The molecule has 0 bridgehead atoms. The Morgan fingerprint density at radius 3 is 2.63 bits per heavy atom. The van der Waals surface area contributed by atoms with Crippen LogP contribution in [0.5, 0.6) is 5.75 Å². The van der Waals surface area contributed by atoms with Crippen LogP contribution >= 0.6 is 0 Å². The van der Waals surface area contributed by atoms with Crippen LogP contribution in [-0.2, 0) is 22.4 Å². The topological polar surface area (TPSA) is 73.1 Å². The monoisotopic (exact) mass is 555 g/mol. The average Bonchev–Trinajstić information content (AvgIpc) is 3.67. The molecule has 1 saturated carbocycles. The van der Waals surface area contributed by atoms with Crippen LogP contribution in [0.25, 0.3) is 16.8 Å². The zero-order valence-corrected chi connectivity index (χ0v) is 23.8. The van der Waals surface area contributed by atoms with Gasteiger partial charge in [-0.2, -0.15) is 5.10 Å². The molecule has 6 rings (SSSR count). The Labute approximate surface area is 238 Å². The first-order chi connectivity index (χ1) is 19.9. The van der Waals surface area contributed by atoms with E-state index >= 15 is 4.39 Å². The van der Waals surface area contributed by atoms with Crippen LogP contribution in [0.1, 0.15) is 71.9 Å². The number of rotatable bonds is 7. The Morgan fingerprint density at radius 2 is 1.90 bits per heavy atom. The SMILES string of the molecule is CCOC(=O)C1CC1c1ccc(-c2cc3c(OC)c(C(=O)N4CCc5ccccc5[C@H]4C)cc(CC)n3n2)c(F)c1. The van der Waals surface area contributed by atoms with E-state index in [1.54, 1.807) is 30.7 Å². The Hall–Kier alpha value is -4.20. The molecule has 2 aromatic carbocycles. The van der Waals surface area contributed by atoms with Gasteiger partial charge in [-0.1, -0.05) is 37.3 Å². The van der Waals surface area contributed by atoms with Gasteiger partial charge in [-0.25, -0.2) is 8.91 Å². The van der Waals surface area contributed by atoms with Crippen molar-refractivity contribution in [3.63, 3.8) is 0 Å². The number of fused-ring (bicyclic) bond motifs is 2. The fraction of sp³-hybridized carbons (Fsp3) is 0.364. The summed E-state index contributed by atoms with van der Waals surface area (Å²) in [6.45, 7) is 6.80. The van der Waals surface area contributed by atoms with Gasteiger partial charge >= 0.3 is 5.97 Å². The van der Waals surface area contributed by atoms with Gasteiger partial charge in [0.05, 0.1) is 36.9 Å². The van der Waals surface area contributed by atoms with Crippen molar-refractivity contribution in [3.8, 4) is 17.0 Å². The highest BCUT2D eigenvalue weighted by atomic mass is 19.1. The summed E-state index contributed by atoms with van der Waals surface area (Å²) >= 11 is 0. The number of benzene rings is 2. The number of esters is 1. The summed E-state index contributed by atoms with van der Waals surface area (Å²) in [6.07, 6.45) is 2.09. The van der Waals surface area contributed by atoms with E-state index in [-0.39, 0.29) is 29.8 Å². The van der Waals surface area contributed by atoms with E-state index in [9.17, 15) is 9.59 Å². The van der Waals surface area contributed by atoms with Crippen LogP contribution in [0.2, 0.25) is 0 Å². The maximum atomic E-state index is 15.5. The summed E-state index contributed by atoms with van der Waals surface area (Å²) in [5.41, 5.74) is 5.93. The van der Waals surface area contributed by atoms with E-state index < -0.39 is 5.82 Å². The van der Waals surface area contributed by atoms with Gasteiger partial charge in [0.15, 0.2) is 5.75 Å². The van der Waals surface area contributed by atoms with Crippen LogP contribution < -0.4 is 4.74 Å². The number of hydrogen-bond acceptors (Lipinski definition) is 5. The third-order valence-corrected chi connectivity index (χ3v) is 8.50. The predicted octanol–water partition coefficient (Wildman–Crippen LogP) is 6.14. The van der Waals surface area contributed by atoms with Crippen molar-refractivity contribution in [1.82, 2.24) is 14.5 Å². The summed E-state index contributed by atoms with van der Waals surface area (Å²) in [5, 5.41) is 4.74. The van der Waals surface area contributed by atoms with Crippen molar-refractivity contribution in [1.29, 1.82) is 0 Å². The lowest BCUT2D eigenvalue weighted by molar-refractivity contribution is -0.144. The summed E-state index contributed by atoms with van der Waals surface area (Å²) < 4.78 is 28.1. The van der Waals surface area contributed by atoms with Crippen molar-refractivity contribution in [2.45, 2.75) is 52.0 Å². The molecule has 0 radical (unpaired) electrons. The van der Waals surface area contributed by atoms with Gasteiger partial charge in [0, 0.05) is 17.8 Å². The minimum Gasteiger partial charge on any atom is -0.494 e. The molecule has 1 amide bonds. The number of aryl methyl sites for hydroxylation is 1. The lowest BCUT2D eigenvalue weighted by Crippen LogP contribution is -2.39. The predicted molar refractivity (Wildman–Crippen MR) is 154 cm³/mol. The maximum absolute atomic E-state index is 15.5. The first kappa shape index (κ1) is 27.0. The summed E-state index contributed by atoms with van der Waals surface area (Å²) in [5.74, 6) is -0.546. The fourth-order valence-corrected chi connectivity index (χ4v) is 6.20. The van der Waals surface area contributed by atoms with E-state index in [1.807, 2.05) is 36.1 Å². The third-order valence-electron chi connectivity index (χ3n) is 8.50. The number of nitrogens with zero attached hydrogens (tertiary/aromatic N) is 3. The normalized spacial score (nSPS) is 19.6. The van der Waals surface area contributed by atoms with E-state index in [1.165, 1.54) is 11.6 Å². The number of hydrogen-bond donors (Lipinski definition) is 0. The highest BCUT2D eigenvalue weighted by Crippen LogP contribution is 2.48. The van der Waals surface area contributed by atoms with Crippen molar-refractivity contribution in [2.24, 2.45) is 5.92 Å². The van der Waals surface area contributed by atoms with Gasteiger partial charge in [-0.3, -0.25) is 9.59 Å². The third kappa shape index (κ3) is 4.65. The molecular formula is C33H34FN3O4. The lowest BCUT2D eigenvalue weighted by atomic mass is 9.93. The molecule has 0 spiro atoms. The first-order valence-electron chi connectivity index (χ1n) is 14.3. The van der Waals surface area contributed by atoms with Gasteiger partial charge in [0.1, 0.15) is 11.3 Å². The van der Waals surface area contributed by atoms with Crippen LogP contribution in [0.3, 0.4) is 0 Å². The molecular weight excluding hydrogens is 521 g/mol. The molecule has 2 unspecified atom stereocenters. The van der Waals surface area contributed by atoms with E-state index in [4.69, 9.17) is 14.6 Å². The Bertz CT molecular complexity index is 1660. The van der Waals surface area contributed by atoms with Crippen LogP contribution in [0.4, 0.5) is 4.39 Å². The molecule has 8 heteroatoms. The second kappa shape index (κ2) is 10.7. The van der Waals surface area contributed by atoms with Gasteiger partial charge < -0.3 is 14.4 Å². The second-order valence-electron chi connectivity index (χ2n) is 10.8.